The zero-order chi connectivity index (χ0) is 14.8. The fourth-order valence-electron chi connectivity index (χ4n) is 1.66. The maximum absolute atomic E-state index is 5.98. The number of nitrogen functional groups attached to an aromatic ring is 1. The number of anilines is 2. The molecule has 0 amide bonds. The Kier molecular flexibility index (Phi) is 8.60. The minimum absolute atomic E-state index is 0.591. The molecule has 0 aromatic heterocycles. The van der Waals surface area contributed by atoms with Gasteiger partial charge in [-0.2, -0.15) is 0 Å². The molecule has 0 aliphatic heterocycles. The summed E-state index contributed by atoms with van der Waals surface area (Å²) < 4.78 is 16.7. The van der Waals surface area contributed by atoms with Gasteiger partial charge in [-0.15, -0.1) is 0 Å². The Morgan fingerprint density at radius 1 is 1.10 bits per heavy atom. The van der Waals surface area contributed by atoms with Gasteiger partial charge < -0.3 is 24.8 Å². The van der Waals surface area contributed by atoms with Crippen LogP contribution in [0.15, 0.2) is 22.7 Å². The molecule has 6 heteroatoms. The van der Waals surface area contributed by atoms with Gasteiger partial charge in [-0.1, -0.05) is 15.9 Å². The quantitative estimate of drug-likeness (QED) is 0.519. The van der Waals surface area contributed by atoms with Crippen LogP contribution in [0.5, 0.6) is 0 Å². The van der Waals surface area contributed by atoms with Crippen LogP contribution in [0.4, 0.5) is 11.4 Å². The number of methoxy groups -OCH3 is 1. The zero-order valence-electron chi connectivity index (χ0n) is 12.1. The predicted octanol–water partition coefficient (Wildman–Crippen LogP) is 2.15. The molecule has 0 saturated carbocycles. The molecule has 1 rings (SSSR count). The van der Waals surface area contributed by atoms with E-state index in [0.717, 1.165) is 22.4 Å². The Labute approximate surface area is 129 Å². The number of nitrogens with zero attached hydrogens (tertiary/aromatic N) is 1. The Bertz CT molecular complexity index is 391. The molecule has 0 atom stereocenters. The van der Waals surface area contributed by atoms with E-state index in [1.54, 1.807) is 7.11 Å². The van der Waals surface area contributed by atoms with E-state index >= 15 is 0 Å². The third-order valence-electron chi connectivity index (χ3n) is 2.78. The number of ether oxygens (including phenoxy) is 3. The number of hydrogen-bond donors (Lipinski definition) is 1. The molecular weight excluding hydrogens is 324 g/mol. The van der Waals surface area contributed by atoms with Crippen LogP contribution in [-0.4, -0.2) is 53.7 Å². The van der Waals surface area contributed by atoms with Crippen LogP contribution in [-0.2, 0) is 14.2 Å². The summed E-state index contributed by atoms with van der Waals surface area (Å²) in [6.45, 7) is 3.82. The first-order valence-electron chi connectivity index (χ1n) is 6.55. The summed E-state index contributed by atoms with van der Waals surface area (Å²) in [5, 5.41) is 0. The number of likely N-dealkylation sites (N-methyl/N-ethyl adjacent to an activating group) is 1. The first-order chi connectivity index (χ1) is 9.65. The van der Waals surface area contributed by atoms with E-state index in [1.807, 2.05) is 25.2 Å². The third-order valence-corrected chi connectivity index (χ3v) is 3.27. The molecule has 0 aliphatic rings. The zero-order valence-corrected chi connectivity index (χ0v) is 13.7. The topological polar surface area (TPSA) is 57.0 Å². The second kappa shape index (κ2) is 9.99. The van der Waals surface area contributed by atoms with Gasteiger partial charge in [0.25, 0.3) is 0 Å². The monoisotopic (exact) mass is 346 g/mol. The molecule has 0 aliphatic carbocycles. The molecule has 0 spiro atoms. The molecule has 0 radical (unpaired) electrons. The van der Waals surface area contributed by atoms with Crippen molar-refractivity contribution in [2.24, 2.45) is 0 Å². The van der Waals surface area contributed by atoms with Crippen molar-refractivity contribution in [1.82, 2.24) is 0 Å². The van der Waals surface area contributed by atoms with Crippen molar-refractivity contribution >= 4 is 27.3 Å². The van der Waals surface area contributed by atoms with Crippen molar-refractivity contribution in [3.05, 3.63) is 22.7 Å². The van der Waals surface area contributed by atoms with Gasteiger partial charge in [-0.3, -0.25) is 0 Å². The Morgan fingerprint density at radius 3 is 2.40 bits per heavy atom. The average Bonchev–Trinajstić information content (AvgIpc) is 2.41. The van der Waals surface area contributed by atoms with Gasteiger partial charge in [0.05, 0.1) is 44.4 Å². The molecule has 0 fully saturated rings. The second-order valence-corrected chi connectivity index (χ2v) is 5.26. The SMILES string of the molecule is COCCOCCOCCN(C)c1ccc(Br)cc1N. The second-order valence-electron chi connectivity index (χ2n) is 4.34. The lowest BCUT2D eigenvalue weighted by atomic mass is 10.2. The Morgan fingerprint density at radius 2 is 1.75 bits per heavy atom. The largest absolute Gasteiger partial charge is 0.397 e. The molecule has 1 aromatic rings. The van der Waals surface area contributed by atoms with Crippen LogP contribution in [0, 0.1) is 0 Å². The predicted molar refractivity (Wildman–Crippen MR) is 85.3 cm³/mol. The van der Waals surface area contributed by atoms with E-state index in [9.17, 15) is 0 Å². The van der Waals surface area contributed by atoms with Crippen LogP contribution >= 0.6 is 15.9 Å². The minimum atomic E-state index is 0.591. The van der Waals surface area contributed by atoms with Crippen LogP contribution in [0.1, 0.15) is 0 Å². The molecule has 0 bridgehead atoms. The molecule has 20 heavy (non-hydrogen) atoms. The highest BCUT2D eigenvalue weighted by molar-refractivity contribution is 9.10. The summed E-state index contributed by atoms with van der Waals surface area (Å²) >= 11 is 3.40. The van der Waals surface area contributed by atoms with Gasteiger partial charge in [-0.25, -0.2) is 0 Å². The molecule has 5 nitrogen and oxygen atoms in total. The van der Waals surface area contributed by atoms with Crippen molar-refractivity contribution in [2.45, 2.75) is 0 Å². The summed E-state index contributed by atoms with van der Waals surface area (Å²) in [7, 11) is 3.65. The van der Waals surface area contributed by atoms with Gasteiger partial charge in [0, 0.05) is 25.2 Å². The molecule has 0 saturated heterocycles. The number of rotatable bonds is 10. The van der Waals surface area contributed by atoms with E-state index in [-0.39, 0.29) is 0 Å². The lowest BCUT2D eigenvalue weighted by Gasteiger charge is -2.21. The smallest absolute Gasteiger partial charge is 0.0701 e. The number of halogens is 1. The summed E-state index contributed by atoms with van der Waals surface area (Å²) in [5.74, 6) is 0. The van der Waals surface area contributed by atoms with Gasteiger partial charge in [-0.05, 0) is 18.2 Å². The summed E-state index contributed by atoms with van der Waals surface area (Å²) in [5.41, 5.74) is 7.74. The van der Waals surface area contributed by atoms with E-state index < -0.39 is 0 Å². The lowest BCUT2D eigenvalue weighted by molar-refractivity contribution is 0.0266. The van der Waals surface area contributed by atoms with Crippen molar-refractivity contribution in [1.29, 1.82) is 0 Å². The molecular formula is C14H23BrN2O3. The van der Waals surface area contributed by atoms with Gasteiger partial charge >= 0.3 is 0 Å². The van der Waals surface area contributed by atoms with E-state index in [0.29, 0.717) is 33.0 Å². The third kappa shape index (κ3) is 6.56. The Hall–Kier alpha value is -0.820. The first kappa shape index (κ1) is 17.2. The molecule has 1 aromatic carbocycles. The van der Waals surface area contributed by atoms with Crippen molar-refractivity contribution in [3.63, 3.8) is 0 Å². The standard InChI is InChI=1S/C14H23BrN2O3/c1-17(14-4-3-12(15)11-13(14)16)5-6-19-9-10-20-8-7-18-2/h3-4,11H,5-10,16H2,1-2H3. The van der Waals surface area contributed by atoms with E-state index in [2.05, 4.69) is 20.8 Å². The molecule has 2 N–H and O–H groups in total. The Balaban J connectivity index is 2.15. The van der Waals surface area contributed by atoms with Crippen LogP contribution in [0.3, 0.4) is 0 Å². The number of nitrogens with two attached hydrogens (primary N) is 1. The fourth-order valence-corrected chi connectivity index (χ4v) is 2.04. The van der Waals surface area contributed by atoms with Gasteiger partial charge in [0.1, 0.15) is 0 Å². The highest BCUT2D eigenvalue weighted by atomic mass is 79.9. The molecule has 114 valence electrons. The average molecular weight is 347 g/mol. The van der Waals surface area contributed by atoms with Crippen molar-refractivity contribution < 1.29 is 14.2 Å². The van der Waals surface area contributed by atoms with Gasteiger partial charge in [0.15, 0.2) is 0 Å². The number of benzene rings is 1. The van der Waals surface area contributed by atoms with Crippen LogP contribution < -0.4 is 10.6 Å². The normalized spacial score (nSPS) is 10.8. The van der Waals surface area contributed by atoms with Gasteiger partial charge in [0.2, 0.25) is 0 Å². The van der Waals surface area contributed by atoms with Crippen LogP contribution in [0.25, 0.3) is 0 Å². The summed E-state index contributed by atoms with van der Waals surface area (Å²) in [4.78, 5) is 2.08. The highest BCUT2D eigenvalue weighted by Crippen LogP contribution is 2.25. The number of hydrogen-bond acceptors (Lipinski definition) is 5. The maximum Gasteiger partial charge on any atom is 0.0701 e. The van der Waals surface area contributed by atoms with Crippen molar-refractivity contribution in [2.75, 3.05) is 64.4 Å². The minimum Gasteiger partial charge on any atom is -0.397 e. The highest BCUT2D eigenvalue weighted by Gasteiger charge is 2.05. The molecule has 0 heterocycles. The first-order valence-corrected chi connectivity index (χ1v) is 7.35. The summed E-state index contributed by atoms with van der Waals surface area (Å²) in [6, 6.07) is 5.87. The lowest BCUT2D eigenvalue weighted by Crippen LogP contribution is -2.24. The maximum atomic E-state index is 5.98. The van der Waals surface area contributed by atoms with E-state index in [4.69, 9.17) is 19.9 Å². The van der Waals surface area contributed by atoms with Crippen LogP contribution in [0.2, 0.25) is 0 Å². The summed E-state index contributed by atoms with van der Waals surface area (Å²) in [6.07, 6.45) is 0. The fraction of sp³-hybridized carbons (Fsp3) is 0.571. The molecule has 0 unspecified atom stereocenters. The van der Waals surface area contributed by atoms with Crippen molar-refractivity contribution in [3.8, 4) is 0 Å². The van der Waals surface area contributed by atoms with E-state index in [1.165, 1.54) is 0 Å².